The van der Waals surface area contributed by atoms with Gasteiger partial charge in [-0.2, -0.15) is 0 Å². The van der Waals surface area contributed by atoms with E-state index < -0.39 is 0 Å². The molecule has 144 valence electrons. The second kappa shape index (κ2) is 13.5. The number of rotatable bonds is 9. The van der Waals surface area contributed by atoms with Crippen molar-refractivity contribution in [2.24, 2.45) is 5.73 Å². The summed E-state index contributed by atoms with van der Waals surface area (Å²) in [6.07, 6.45) is 4.87. The summed E-state index contributed by atoms with van der Waals surface area (Å²) >= 11 is 0. The van der Waals surface area contributed by atoms with E-state index in [1.807, 2.05) is 0 Å². The SMILES string of the molecule is CCCCN.CCCCN(C(C)c1ccccc1)C(C)c1ccccc1. The van der Waals surface area contributed by atoms with E-state index in [9.17, 15) is 0 Å². The third kappa shape index (κ3) is 7.72. The molecule has 2 aromatic rings. The van der Waals surface area contributed by atoms with Gasteiger partial charge in [-0.1, -0.05) is 87.4 Å². The molecular formula is C24H38N2. The molecule has 2 aromatic carbocycles. The van der Waals surface area contributed by atoms with Gasteiger partial charge >= 0.3 is 0 Å². The van der Waals surface area contributed by atoms with Crippen LogP contribution in [-0.2, 0) is 0 Å². The molecule has 0 amide bonds. The second-order valence-corrected chi connectivity index (χ2v) is 6.91. The molecule has 0 aromatic heterocycles. The Morgan fingerprint density at radius 3 is 1.46 bits per heavy atom. The van der Waals surface area contributed by atoms with E-state index in [2.05, 4.69) is 93.3 Å². The van der Waals surface area contributed by atoms with Gasteiger partial charge in [0.25, 0.3) is 0 Å². The van der Waals surface area contributed by atoms with Crippen molar-refractivity contribution < 1.29 is 0 Å². The molecule has 2 unspecified atom stereocenters. The molecule has 2 nitrogen and oxygen atoms in total. The standard InChI is InChI=1S/C20H27N.C4H11N/c1-4-5-16-21(17(2)19-12-8-6-9-13-19)18(3)20-14-10-7-11-15-20;1-2-3-4-5/h6-15,17-18H,4-5,16H2,1-3H3;2-5H2,1H3. The molecule has 0 aliphatic rings. The van der Waals surface area contributed by atoms with Gasteiger partial charge in [-0.05, 0) is 50.9 Å². The molecule has 2 N–H and O–H groups in total. The first-order chi connectivity index (χ1) is 12.7. The molecule has 0 saturated heterocycles. The van der Waals surface area contributed by atoms with Crippen LogP contribution in [0.25, 0.3) is 0 Å². The van der Waals surface area contributed by atoms with Gasteiger partial charge in [0.05, 0.1) is 0 Å². The van der Waals surface area contributed by atoms with Gasteiger partial charge < -0.3 is 5.73 Å². The summed E-state index contributed by atoms with van der Waals surface area (Å²) in [4.78, 5) is 2.62. The van der Waals surface area contributed by atoms with Crippen molar-refractivity contribution in [3.8, 4) is 0 Å². The maximum absolute atomic E-state index is 5.14. The third-order valence-electron chi connectivity index (χ3n) is 4.89. The third-order valence-corrected chi connectivity index (χ3v) is 4.89. The Labute approximate surface area is 161 Å². The van der Waals surface area contributed by atoms with E-state index in [0.29, 0.717) is 12.1 Å². The van der Waals surface area contributed by atoms with Crippen LogP contribution in [0.1, 0.15) is 76.6 Å². The van der Waals surface area contributed by atoms with E-state index in [1.165, 1.54) is 36.8 Å². The normalized spacial score (nSPS) is 13.0. The summed E-state index contributed by atoms with van der Waals surface area (Å²) in [7, 11) is 0. The van der Waals surface area contributed by atoms with Crippen molar-refractivity contribution in [3.05, 3.63) is 71.8 Å². The average Bonchev–Trinajstić information content (AvgIpc) is 2.70. The van der Waals surface area contributed by atoms with Crippen LogP contribution in [0.2, 0.25) is 0 Å². The van der Waals surface area contributed by atoms with Crippen molar-refractivity contribution in [2.75, 3.05) is 13.1 Å². The zero-order valence-corrected chi connectivity index (χ0v) is 17.2. The van der Waals surface area contributed by atoms with Gasteiger partial charge in [0, 0.05) is 12.1 Å². The molecule has 2 heteroatoms. The molecule has 0 spiro atoms. The highest BCUT2D eigenvalue weighted by Crippen LogP contribution is 2.30. The van der Waals surface area contributed by atoms with Crippen molar-refractivity contribution in [2.45, 2.75) is 65.5 Å². The lowest BCUT2D eigenvalue weighted by molar-refractivity contribution is 0.151. The molecule has 2 rings (SSSR count). The monoisotopic (exact) mass is 354 g/mol. The number of nitrogens with two attached hydrogens (primary N) is 1. The lowest BCUT2D eigenvalue weighted by Crippen LogP contribution is -2.31. The van der Waals surface area contributed by atoms with Crippen LogP contribution in [0.15, 0.2) is 60.7 Å². The summed E-state index contributed by atoms with van der Waals surface area (Å²) in [5.74, 6) is 0. The van der Waals surface area contributed by atoms with Gasteiger partial charge in [0.15, 0.2) is 0 Å². The Balaban J connectivity index is 0.000000597. The smallest absolute Gasteiger partial charge is 0.0325 e. The maximum atomic E-state index is 5.14. The zero-order chi connectivity index (χ0) is 19.2. The van der Waals surface area contributed by atoms with Gasteiger partial charge in [0.1, 0.15) is 0 Å². The Hall–Kier alpha value is -1.64. The van der Waals surface area contributed by atoms with E-state index in [1.54, 1.807) is 0 Å². The summed E-state index contributed by atoms with van der Waals surface area (Å²) < 4.78 is 0. The fraction of sp³-hybridized carbons (Fsp3) is 0.500. The van der Waals surface area contributed by atoms with Crippen LogP contribution in [0.4, 0.5) is 0 Å². The summed E-state index contributed by atoms with van der Waals surface area (Å²) in [6, 6.07) is 22.6. The summed E-state index contributed by atoms with van der Waals surface area (Å²) in [5, 5.41) is 0. The number of unbranched alkanes of at least 4 members (excludes halogenated alkanes) is 2. The van der Waals surface area contributed by atoms with Crippen molar-refractivity contribution >= 4 is 0 Å². The number of hydrogen-bond acceptors (Lipinski definition) is 2. The van der Waals surface area contributed by atoms with Crippen molar-refractivity contribution in [3.63, 3.8) is 0 Å². The molecule has 0 heterocycles. The lowest BCUT2D eigenvalue weighted by atomic mass is 10.0. The van der Waals surface area contributed by atoms with E-state index in [0.717, 1.165) is 13.1 Å². The number of nitrogens with zero attached hydrogens (tertiary/aromatic N) is 1. The van der Waals surface area contributed by atoms with Crippen LogP contribution in [0.5, 0.6) is 0 Å². The minimum Gasteiger partial charge on any atom is -0.330 e. The Bertz CT molecular complexity index is 505. The van der Waals surface area contributed by atoms with Crippen LogP contribution in [0, 0.1) is 0 Å². The van der Waals surface area contributed by atoms with Gasteiger partial charge in [-0.15, -0.1) is 0 Å². The lowest BCUT2D eigenvalue weighted by Gasteiger charge is -2.35. The van der Waals surface area contributed by atoms with E-state index in [4.69, 9.17) is 5.73 Å². The van der Waals surface area contributed by atoms with Crippen molar-refractivity contribution in [1.29, 1.82) is 0 Å². The minimum atomic E-state index is 0.438. The highest BCUT2D eigenvalue weighted by atomic mass is 15.2. The number of hydrogen-bond donors (Lipinski definition) is 1. The average molecular weight is 355 g/mol. The largest absolute Gasteiger partial charge is 0.330 e. The highest BCUT2D eigenvalue weighted by Gasteiger charge is 2.21. The molecule has 2 atom stereocenters. The Kier molecular flexibility index (Phi) is 11.7. The highest BCUT2D eigenvalue weighted by molar-refractivity contribution is 5.22. The molecule has 0 fully saturated rings. The van der Waals surface area contributed by atoms with Crippen LogP contribution < -0.4 is 5.73 Å². The van der Waals surface area contributed by atoms with Gasteiger partial charge in [0.2, 0.25) is 0 Å². The molecule has 0 aliphatic heterocycles. The first-order valence-corrected chi connectivity index (χ1v) is 10.2. The number of benzene rings is 2. The summed E-state index contributed by atoms with van der Waals surface area (Å²) in [5.41, 5.74) is 7.94. The molecule has 0 bridgehead atoms. The quantitative estimate of drug-likeness (QED) is 0.568. The summed E-state index contributed by atoms with van der Waals surface area (Å²) in [6.45, 7) is 11.0. The Morgan fingerprint density at radius 2 is 1.15 bits per heavy atom. The van der Waals surface area contributed by atoms with Crippen LogP contribution in [0.3, 0.4) is 0 Å². The molecule has 0 radical (unpaired) electrons. The minimum absolute atomic E-state index is 0.438. The fourth-order valence-corrected chi connectivity index (χ4v) is 3.11. The maximum Gasteiger partial charge on any atom is 0.0325 e. The predicted molar refractivity (Wildman–Crippen MR) is 115 cm³/mol. The fourth-order valence-electron chi connectivity index (χ4n) is 3.11. The van der Waals surface area contributed by atoms with Gasteiger partial charge in [-0.25, -0.2) is 0 Å². The molecule has 0 aliphatic carbocycles. The molecule has 26 heavy (non-hydrogen) atoms. The first-order valence-electron chi connectivity index (χ1n) is 10.2. The molecular weight excluding hydrogens is 316 g/mol. The van der Waals surface area contributed by atoms with E-state index >= 15 is 0 Å². The van der Waals surface area contributed by atoms with Gasteiger partial charge in [-0.3, -0.25) is 4.90 Å². The van der Waals surface area contributed by atoms with E-state index in [-0.39, 0.29) is 0 Å². The molecule has 0 saturated carbocycles. The van der Waals surface area contributed by atoms with Crippen LogP contribution >= 0.6 is 0 Å². The topological polar surface area (TPSA) is 29.3 Å². The predicted octanol–water partition coefficient (Wildman–Crippen LogP) is 6.36. The van der Waals surface area contributed by atoms with Crippen molar-refractivity contribution in [1.82, 2.24) is 4.90 Å². The first kappa shape index (κ1) is 22.4. The zero-order valence-electron chi connectivity index (χ0n) is 17.2. The second-order valence-electron chi connectivity index (χ2n) is 6.91. The Morgan fingerprint density at radius 1 is 0.731 bits per heavy atom. The van der Waals surface area contributed by atoms with Crippen LogP contribution in [-0.4, -0.2) is 18.0 Å².